The van der Waals surface area contributed by atoms with Gasteiger partial charge in [0.25, 0.3) is 0 Å². The van der Waals surface area contributed by atoms with Crippen molar-refractivity contribution in [3.8, 4) is 5.69 Å². The highest BCUT2D eigenvalue weighted by atomic mass is 16.1. The number of carbonyl (C=O) groups is 1. The van der Waals surface area contributed by atoms with E-state index in [1.165, 1.54) is 0 Å². The summed E-state index contributed by atoms with van der Waals surface area (Å²) >= 11 is 0. The molecule has 6 nitrogen and oxygen atoms in total. The molecule has 6 heteroatoms. The molecule has 0 saturated carbocycles. The van der Waals surface area contributed by atoms with Gasteiger partial charge >= 0.3 is 0 Å². The normalized spacial score (nSPS) is 10.7. The molecule has 146 valence electrons. The van der Waals surface area contributed by atoms with Gasteiger partial charge in [0, 0.05) is 39.0 Å². The molecule has 28 heavy (non-hydrogen) atoms. The number of benzene rings is 1. The van der Waals surface area contributed by atoms with E-state index in [2.05, 4.69) is 33.6 Å². The maximum Gasteiger partial charge on any atom is 0.220 e. The van der Waals surface area contributed by atoms with Crippen LogP contribution in [0.2, 0.25) is 0 Å². The number of pyridine rings is 1. The third-order valence-electron chi connectivity index (χ3n) is 4.59. The van der Waals surface area contributed by atoms with E-state index in [9.17, 15) is 4.79 Å². The summed E-state index contributed by atoms with van der Waals surface area (Å²) in [6, 6.07) is 14.2. The third-order valence-corrected chi connectivity index (χ3v) is 4.59. The fourth-order valence-electron chi connectivity index (χ4n) is 3.06. The number of hydrogen-bond donors (Lipinski definition) is 1. The molecule has 0 unspecified atom stereocenters. The second-order valence-electron chi connectivity index (χ2n) is 7.20. The maximum absolute atomic E-state index is 12.2. The Kier molecular flexibility index (Phi) is 6.09. The average Bonchev–Trinajstić information content (AvgIpc) is 3.03. The van der Waals surface area contributed by atoms with Gasteiger partial charge in [0.05, 0.1) is 11.4 Å². The third kappa shape index (κ3) is 4.97. The lowest BCUT2D eigenvalue weighted by Gasteiger charge is -2.12. The Hall–Kier alpha value is -3.15. The summed E-state index contributed by atoms with van der Waals surface area (Å²) < 4.78 is 1.93. The number of nitrogens with one attached hydrogen (secondary N) is 1. The molecule has 0 aliphatic rings. The zero-order chi connectivity index (χ0) is 20.1. The van der Waals surface area contributed by atoms with Crippen molar-refractivity contribution in [2.45, 2.75) is 33.2 Å². The van der Waals surface area contributed by atoms with Gasteiger partial charge in [-0.05, 0) is 61.7 Å². The van der Waals surface area contributed by atoms with Crippen molar-refractivity contribution in [2.24, 2.45) is 0 Å². The van der Waals surface area contributed by atoms with Crippen molar-refractivity contribution in [3.63, 3.8) is 0 Å². The molecule has 0 saturated heterocycles. The van der Waals surface area contributed by atoms with E-state index in [0.29, 0.717) is 19.4 Å². The highest BCUT2D eigenvalue weighted by Crippen LogP contribution is 2.14. The van der Waals surface area contributed by atoms with Crippen LogP contribution in [0, 0.1) is 13.8 Å². The Labute approximate surface area is 166 Å². The lowest BCUT2D eigenvalue weighted by atomic mass is 10.1. The predicted molar refractivity (Wildman–Crippen MR) is 112 cm³/mol. The number of rotatable bonds is 7. The molecular weight excluding hydrogens is 350 g/mol. The molecular formula is C22H27N5O. The van der Waals surface area contributed by atoms with E-state index in [1.54, 1.807) is 6.20 Å². The van der Waals surface area contributed by atoms with Crippen molar-refractivity contribution in [2.75, 3.05) is 19.0 Å². The molecule has 1 amide bonds. The van der Waals surface area contributed by atoms with Gasteiger partial charge in [0.15, 0.2) is 0 Å². The fraction of sp³-hybridized carbons (Fsp3) is 0.318. The molecule has 3 rings (SSSR count). The average molecular weight is 377 g/mol. The largest absolute Gasteiger partial charge is 0.363 e. The van der Waals surface area contributed by atoms with Crippen LogP contribution in [-0.2, 0) is 17.8 Å². The fourth-order valence-corrected chi connectivity index (χ4v) is 3.06. The molecule has 1 aromatic carbocycles. The number of aromatic nitrogens is 3. The highest BCUT2D eigenvalue weighted by molar-refractivity contribution is 5.76. The van der Waals surface area contributed by atoms with E-state index in [0.717, 1.165) is 34.0 Å². The number of hydrogen-bond acceptors (Lipinski definition) is 4. The number of aryl methyl sites for hydroxylation is 3. The first-order valence-corrected chi connectivity index (χ1v) is 9.44. The Balaban J connectivity index is 1.50. The summed E-state index contributed by atoms with van der Waals surface area (Å²) in [7, 11) is 3.90. The van der Waals surface area contributed by atoms with E-state index in [-0.39, 0.29) is 5.91 Å². The Morgan fingerprint density at radius 3 is 2.46 bits per heavy atom. The van der Waals surface area contributed by atoms with Crippen molar-refractivity contribution in [1.82, 2.24) is 20.1 Å². The van der Waals surface area contributed by atoms with Crippen molar-refractivity contribution >= 4 is 11.7 Å². The molecule has 2 heterocycles. The van der Waals surface area contributed by atoms with Crippen molar-refractivity contribution in [3.05, 3.63) is 71.2 Å². The van der Waals surface area contributed by atoms with Crippen LogP contribution in [-0.4, -0.2) is 34.8 Å². The molecule has 0 bridgehead atoms. The van der Waals surface area contributed by atoms with Crippen LogP contribution >= 0.6 is 0 Å². The first kappa shape index (κ1) is 19.6. The second kappa shape index (κ2) is 8.69. The minimum absolute atomic E-state index is 0.0471. The summed E-state index contributed by atoms with van der Waals surface area (Å²) in [5.74, 6) is 0.931. The van der Waals surface area contributed by atoms with Crippen LogP contribution in [0.1, 0.15) is 28.9 Å². The summed E-state index contributed by atoms with van der Waals surface area (Å²) in [4.78, 5) is 18.4. The zero-order valence-electron chi connectivity index (χ0n) is 16.9. The van der Waals surface area contributed by atoms with Crippen LogP contribution in [0.15, 0.2) is 48.7 Å². The maximum atomic E-state index is 12.2. The van der Waals surface area contributed by atoms with E-state index in [4.69, 9.17) is 0 Å². The minimum Gasteiger partial charge on any atom is -0.363 e. The van der Waals surface area contributed by atoms with Crippen LogP contribution < -0.4 is 10.2 Å². The predicted octanol–water partition coefficient (Wildman–Crippen LogP) is 3.20. The molecule has 0 aliphatic heterocycles. The van der Waals surface area contributed by atoms with Crippen LogP contribution in [0.4, 0.5) is 5.82 Å². The first-order chi connectivity index (χ1) is 13.4. The molecule has 0 fully saturated rings. The molecule has 0 spiro atoms. The Bertz CT molecular complexity index is 944. The lowest BCUT2D eigenvalue weighted by Crippen LogP contribution is -2.23. The standard InChI is InChI=1S/C22H27N5O/c1-16-13-17(2)27(25-16)20-8-5-18(6-9-20)7-10-22(28)24-15-19-11-12-23-21(14-19)26(3)4/h5-6,8-9,11-14H,7,10,15H2,1-4H3,(H,24,28). The molecule has 1 N–H and O–H groups in total. The molecule has 2 aromatic heterocycles. The first-order valence-electron chi connectivity index (χ1n) is 9.44. The van der Waals surface area contributed by atoms with Crippen molar-refractivity contribution in [1.29, 1.82) is 0 Å². The number of nitrogens with zero attached hydrogens (tertiary/aromatic N) is 4. The van der Waals surface area contributed by atoms with Gasteiger partial charge in [-0.2, -0.15) is 5.10 Å². The van der Waals surface area contributed by atoms with E-state index < -0.39 is 0 Å². The van der Waals surface area contributed by atoms with Gasteiger partial charge in [-0.15, -0.1) is 0 Å². The number of anilines is 1. The molecule has 0 atom stereocenters. The number of carbonyl (C=O) groups excluding carboxylic acids is 1. The minimum atomic E-state index is 0.0471. The van der Waals surface area contributed by atoms with Crippen LogP contribution in [0.3, 0.4) is 0 Å². The number of amides is 1. The van der Waals surface area contributed by atoms with Crippen LogP contribution in [0.5, 0.6) is 0 Å². The van der Waals surface area contributed by atoms with Crippen LogP contribution in [0.25, 0.3) is 5.69 Å². The monoisotopic (exact) mass is 377 g/mol. The van der Waals surface area contributed by atoms with Gasteiger partial charge in [0.2, 0.25) is 5.91 Å². The summed E-state index contributed by atoms with van der Waals surface area (Å²) in [6.07, 6.45) is 2.94. The summed E-state index contributed by atoms with van der Waals surface area (Å²) in [5, 5.41) is 7.48. The highest BCUT2D eigenvalue weighted by Gasteiger charge is 2.06. The summed E-state index contributed by atoms with van der Waals surface area (Å²) in [6.45, 7) is 4.55. The molecule has 0 aliphatic carbocycles. The van der Waals surface area contributed by atoms with Gasteiger partial charge in [-0.1, -0.05) is 12.1 Å². The SMILES string of the molecule is Cc1cc(C)n(-c2ccc(CCC(=O)NCc3ccnc(N(C)C)c3)cc2)n1. The smallest absolute Gasteiger partial charge is 0.220 e. The van der Waals surface area contributed by atoms with Gasteiger partial charge in [0.1, 0.15) is 5.82 Å². The zero-order valence-corrected chi connectivity index (χ0v) is 16.9. The summed E-state index contributed by atoms with van der Waals surface area (Å²) in [5.41, 5.74) is 5.33. The topological polar surface area (TPSA) is 63.1 Å². The van der Waals surface area contributed by atoms with E-state index >= 15 is 0 Å². The van der Waals surface area contributed by atoms with Gasteiger partial charge in [-0.3, -0.25) is 4.79 Å². The van der Waals surface area contributed by atoms with Gasteiger partial charge < -0.3 is 10.2 Å². The Morgan fingerprint density at radius 1 is 1.07 bits per heavy atom. The second-order valence-corrected chi connectivity index (χ2v) is 7.20. The molecule has 3 aromatic rings. The quantitative estimate of drug-likeness (QED) is 0.687. The van der Waals surface area contributed by atoms with Crippen molar-refractivity contribution < 1.29 is 4.79 Å². The lowest BCUT2D eigenvalue weighted by molar-refractivity contribution is -0.121. The molecule has 0 radical (unpaired) electrons. The van der Waals surface area contributed by atoms with E-state index in [1.807, 2.05) is 61.8 Å². The van der Waals surface area contributed by atoms with Gasteiger partial charge in [-0.25, -0.2) is 9.67 Å². The Morgan fingerprint density at radius 2 is 1.82 bits per heavy atom.